The number of nitrogens with zero attached hydrogens (tertiary/aromatic N) is 2. The lowest BCUT2D eigenvalue weighted by Gasteiger charge is -2.36. The highest BCUT2D eigenvalue weighted by Crippen LogP contribution is 2.20. The van der Waals surface area contributed by atoms with E-state index in [0.717, 1.165) is 44.0 Å². The molecule has 4 nitrogen and oxygen atoms in total. The van der Waals surface area contributed by atoms with Crippen LogP contribution in [-0.2, 0) is 6.54 Å². The van der Waals surface area contributed by atoms with Crippen molar-refractivity contribution < 1.29 is 9.50 Å². The average molecular weight is 267 g/mol. The Morgan fingerprint density at radius 3 is 2.58 bits per heavy atom. The van der Waals surface area contributed by atoms with E-state index in [2.05, 4.69) is 15.1 Å². The zero-order chi connectivity index (χ0) is 13.7. The van der Waals surface area contributed by atoms with Crippen LogP contribution in [0.25, 0.3) is 0 Å². The quantitative estimate of drug-likeness (QED) is 0.822. The predicted molar refractivity (Wildman–Crippen MR) is 74.9 cm³/mol. The maximum atomic E-state index is 13.6. The van der Waals surface area contributed by atoms with Crippen LogP contribution in [0.5, 0.6) is 0 Å². The van der Waals surface area contributed by atoms with Gasteiger partial charge in [0, 0.05) is 45.0 Å². The van der Waals surface area contributed by atoms with Crippen molar-refractivity contribution in [2.45, 2.75) is 6.54 Å². The molecule has 1 saturated heterocycles. The third-order valence-corrected chi connectivity index (χ3v) is 3.48. The molecule has 2 rings (SSSR count). The van der Waals surface area contributed by atoms with Gasteiger partial charge in [-0.15, -0.1) is 0 Å². The second-order valence-corrected chi connectivity index (χ2v) is 4.90. The molecule has 0 atom stereocenters. The first-order valence-corrected chi connectivity index (χ1v) is 6.75. The Morgan fingerprint density at radius 2 is 1.95 bits per heavy atom. The summed E-state index contributed by atoms with van der Waals surface area (Å²) in [5, 5.41) is 12.0. The molecular formula is C14H22FN3O. The topological polar surface area (TPSA) is 38.7 Å². The molecule has 19 heavy (non-hydrogen) atoms. The Labute approximate surface area is 113 Å². The largest absolute Gasteiger partial charge is 0.395 e. The van der Waals surface area contributed by atoms with Crippen molar-refractivity contribution in [1.29, 1.82) is 0 Å². The predicted octanol–water partition coefficient (Wildman–Crippen LogP) is 0.659. The molecule has 1 aliphatic heterocycles. The molecular weight excluding hydrogens is 245 g/mol. The van der Waals surface area contributed by atoms with Gasteiger partial charge in [-0.3, -0.25) is 4.90 Å². The van der Waals surface area contributed by atoms with Gasteiger partial charge in [-0.1, -0.05) is 0 Å². The van der Waals surface area contributed by atoms with E-state index >= 15 is 0 Å². The summed E-state index contributed by atoms with van der Waals surface area (Å²) in [6, 6.07) is 5.21. The van der Waals surface area contributed by atoms with Gasteiger partial charge in [-0.2, -0.15) is 0 Å². The molecule has 1 aromatic rings. The third-order valence-electron chi connectivity index (χ3n) is 3.48. The molecule has 0 radical (unpaired) electrons. The number of β-amino-alcohol motifs (C(OH)–C–C–N with tert-alkyl or cyclic N) is 1. The van der Waals surface area contributed by atoms with Crippen LogP contribution in [0.3, 0.4) is 0 Å². The Hall–Kier alpha value is -1.17. The van der Waals surface area contributed by atoms with Crippen molar-refractivity contribution in [2.75, 3.05) is 51.3 Å². The van der Waals surface area contributed by atoms with Crippen molar-refractivity contribution in [1.82, 2.24) is 10.2 Å². The first-order chi connectivity index (χ1) is 9.22. The number of piperazine rings is 1. The van der Waals surface area contributed by atoms with E-state index in [9.17, 15) is 4.39 Å². The van der Waals surface area contributed by atoms with E-state index < -0.39 is 0 Å². The number of anilines is 1. The first kappa shape index (κ1) is 14.2. The summed E-state index contributed by atoms with van der Waals surface area (Å²) >= 11 is 0. The van der Waals surface area contributed by atoms with Gasteiger partial charge in [0.05, 0.1) is 6.61 Å². The van der Waals surface area contributed by atoms with E-state index in [1.165, 1.54) is 0 Å². The van der Waals surface area contributed by atoms with Crippen LogP contribution in [0.1, 0.15) is 5.56 Å². The summed E-state index contributed by atoms with van der Waals surface area (Å²) in [6.45, 7) is 5.19. The number of hydrogen-bond acceptors (Lipinski definition) is 4. The van der Waals surface area contributed by atoms with Crippen LogP contribution in [0, 0.1) is 5.82 Å². The Kier molecular flexibility index (Phi) is 5.13. The highest BCUT2D eigenvalue weighted by atomic mass is 19.1. The lowest BCUT2D eigenvalue weighted by molar-refractivity contribution is 0.189. The minimum Gasteiger partial charge on any atom is -0.395 e. The van der Waals surface area contributed by atoms with Gasteiger partial charge in [0.15, 0.2) is 0 Å². The van der Waals surface area contributed by atoms with Crippen molar-refractivity contribution in [3.8, 4) is 0 Å². The lowest BCUT2D eigenvalue weighted by Crippen LogP contribution is -2.47. The minimum atomic E-state index is -0.180. The van der Waals surface area contributed by atoms with E-state index in [-0.39, 0.29) is 12.4 Å². The summed E-state index contributed by atoms with van der Waals surface area (Å²) in [6.07, 6.45) is 0. The average Bonchev–Trinajstić information content (AvgIpc) is 2.40. The summed E-state index contributed by atoms with van der Waals surface area (Å²) in [5.41, 5.74) is 1.92. The van der Waals surface area contributed by atoms with Gasteiger partial charge in [0.2, 0.25) is 0 Å². The molecule has 1 fully saturated rings. The summed E-state index contributed by atoms with van der Waals surface area (Å²) in [4.78, 5) is 4.43. The molecule has 0 amide bonds. The second kappa shape index (κ2) is 6.84. The second-order valence-electron chi connectivity index (χ2n) is 4.90. The fourth-order valence-electron chi connectivity index (χ4n) is 2.49. The zero-order valence-electron chi connectivity index (χ0n) is 11.4. The Bertz CT molecular complexity index is 406. The van der Waals surface area contributed by atoms with Gasteiger partial charge >= 0.3 is 0 Å². The van der Waals surface area contributed by atoms with E-state index in [4.69, 9.17) is 5.11 Å². The Morgan fingerprint density at radius 1 is 1.21 bits per heavy atom. The zero-order valence-corrected chi connectivity index (χ0v) is 11.4. The summed E-state index contributed by atoms with van der Waals surface area (Å²) in [5.74, 6) is -0.180. The Balaban J connectivity index is 2.02. The fourth-order valence-corrected chi connectivity index (χ4v) is 2.49. The molecule has 0 unspecified atom stereocenters. The van der Waals surface area contributed by atoms with E-state index in [1.807, 2.05) is 13.1 Å². The van der Waals surface area contributed by atoms with E-state index in [0.29, 0.717) is 6.54 Å². The number of nitrogens with one attached hydrogen (secondary N) is 1. The van der Waals surface area contributed by atoms with Crippen LogP contribution < -0.4 is 10.2 Å². The number of halogens is 1. The molecule has 1 aliphatic rings. The molecule has 0 aliphatic carbocycles. The SMILES string of the molecule is CNCc1cc(F)cc(N2CCN(CCO)CC2)c1. The molecule has 2 N–H and O–H groups in total. The van der Waals surface area contributed by atoms with Crippen LogP contribution in [0.4, 0.5) is 10.1 Å². The van der Waals surface area contributed by atoms with Crippen LogP contribution in [0.15, 0.2) is 18.2 Å². The number of benzene rings is 1. The molecule has 5 heteroatoms. The van der Waals surface area contributed by atoms with Gasteiger partial charge in [0.25, 0.3) is 0 Å². The monoisotopic (exact) mass is 267 g/mol. The van der Waals surface area contributed by atoms with Crippen LogP contribution >= 0.6 is 0 Å². The summed E-state index contributed by atoms with van der Waals surface area (Å²) in [7, 11) is 1.86. The molecule has 0 spiro atoms. The fraction of sp³-hybridized carbons (Fsp3) is 0.571. The number of hydrogen-bond donors (Lipinski definition) is 2. The standard InChI is InChI=1S/C14H22FN3O/c1-16-11-12-8-13(15)10-14(9-12)18-4-2-17(3-5-18)6-7-19/h8-10,16,19H,2-7,11H2,1H3. The highest BCUT2D eigenvalue weighted by Gasteiger charge is 2.17. The first-order valence-electron chi connectivity index (χ1n) is 6.75. The molecule has 0 bridgehead atoms. The van der Waals surface area contributed by atoms with Gasteiger partial charge in [-0.05, 0) is 30.8 Å². The lowest BCUT2D eigenvalue weighted by atomic mass is 10.1. The summed E-state index contributed by atoms with van der Waals surface area (Å²) < 4.78 is 13.6. The normalized spacial score (nSPS) is 16.9. The minimum absolute atomic E-state index is 0.180. The van der Waals surface area contributed by atoms with Crippen molar-refractivity contribution >= 4 is 5.69 Å². The number of rotatable bonds is 5. The number of aliphatic hydroxyl groups excluding tert-OH is 1. The highest BCUT2D eigenvalue weighted by molar-refractivity contribution is 5.49. The van der Waals surface area contributed by atoms with Gasteiger partial charge in [-0.25, -0.2) is 4.39 Å². The number of aliphatic hydroxyl groups is 1. The van der Waals surface area contributed by atoms with Crippen LogP contribution in [-0.4, -0.2) is 56.4 Å². The van der Waals surface area contributed by atoms with Crippen molar-refractivity contribution in [3.05, 3.63) is 29.6 Å². The molecule has 106 valence electrons. The maximum absolute atomic E-state index is 13.6. The molecule has 1 heterocycles. The van der Waals surface area contributed by atoms with E-state index in [1.54, 1.807) is 12.1 Å². The molecule has 1 aromatic carbocycles. The molecule has 0 aromatic heterocycles. The maximum Gasteiger partial charge on any atom is 0.125 e. The smallest absolute Gasteiger partial charge is 0.125 e. The van der Waals surface area contributed by atoms with Gasteiger partial charge in [0.1, 0.15) is 5.82 Å². The third kappa shape index (κ3) is 3.89. The molecule has 0 saturated carbocycles. The van der Waals surface area contributed by atoms with Gasteiger partial charge < -0.3 is 15.3 Å². The van der Waals surface area contributed by atoms with Crippen molar-refractivity contribution in [2.24, 2.45) is 0 Å². The van der Waals surface area contributed by atoms with Crippen molar-refractivity contribution in [3.63, 3.8) is 0 Å². The van der Waals surface area contributed by atoms with Crippen LogP contribution in [0.2, 0.25) is 0 Å².